The molecule has 0 spiro atoms. The molecule has 4 aliphatic carbocycles. The molecule has 4 aliphatic rings. The highest BCUT2D eigenvalue weighted by molar-refractivity contribution is 6.01. The maximum atomic E-state index is 17.1. The summed E-state index contributed by atoms with van der Waals surface area (Å²) >= 11 is 0. The number of fused-ring (bicyclic) bond motifs is 5. The molecule has 0 aromatic carbocycles. The number of allylic oxidation sites excluding steroid dienone is 4. The number of halogens is 1. The molecule has 0 unspecified atom stereocenters. The monoisotopic (exact) mass is 477 g/mol. The molecule has 3 fully saturated rings. The van der Waals surface area contributed by atoms with Gasteiger partial charge in [-0.2, -0.15) is 0 Å². The maximum absolute atomic E-state index is 17.1. The molecule has 34 heavy (non-hydrogen) atoms. The van der Waals surface area contributed by atoms with Crippen LogP contribution >= 0.6 is 0 Å². The van der Waals surface area contributed by atoms with Crippen molar-refractivity contribution in [3.63, 3.8) is 0 Å². The molecule has 0 aromatic rings. The van der Waals surface area contributed by atoms with Crippen LogP contribution < -0.4 is 11.1 Å². The van der Waals surface area contributed by atoms with Gasteiger partial charge < -0.3 is 31.4 Å². The summed E-state index contributed by atoms with van der Waals surface area (Å²) in [6.07, 6.45) is 4.64. The molecule has 0 aliphatic heterocycles. The quantitative estimate of drug-likeness (QED) is 0.222. The zero-order valence-corrected chi connectivity index (χ0v) is 20.1. The number of carbonyl (C=O) groups excluding carboxylic acids is 2. The first-order valence-electron chi connectivity index (χ1n) is 12.0. The molecule has 3 saturated carbocycles. The lowest BCUT2D eigenvalue weighted by Gasteiger charge is -2.62. The zero-order valence-electron chi connectivity index (χ0n) is 20.1. The van der Waals surface area contributed by atoms with E-state index in [4.69, 9.17) is 15.9 Å². The van der Waals surface area contributed by atoms with Crippen LogP contribution in [0.3, 0.4) is 0 Å². The average Bonchev–Trinajstić information content (AvgIpc) is 2.99. The molecule has 1 amide bonds. The van der Waals surface area contributed by atoms with Crippen molar-refractivity contribution in [2.45, 2.75) is 63.8 Å². The lowest BCUT2D eigenvalue weighted by atomic mass is 9.44. The smallest absolute Gasteiger partial charge is 0.235 e. The van der Waals surface area contributed by atoms with Gasteiger partial charge >= 0.3 is 0 Å². The number of ether oxygens (including phenoxy) is 1. The third kappa shape index (κ3) is 3.20. The minimum absolute atomic E-state index is 0.0115. The standard InChI is InChI=1S/C25H36FN3O5/c1-14-8-18-17-5-4-15-9-16(30)6-7-22(15,2)24(17,26)20(31)10-23(18,3)25(14,33)19(28)12-34-13-29-21(32)11-27/h6-7,9,14,17-18,20,28,31,33H,4-5,8,10-13,27H2,1-3H3,(H,29,32)/t14-,17+,18+,20+,22+,23+,24+,25+/m1/s1. The van der Waals surface area contributed by atoms with Crippen molar-refractivity contribution < 1.29 is 28.9 Å². The Hall–Kier alpha value is -1.94. The molecule has 188 valence electrons. The van der Waals surface area contributed by atoms with Gasteiger partial charge in [-0.15, -0.1) is 0 Å². The molecule has 8 nitrogen and oxygen atoms in total. The normalized spacial score (nSPS) is 45.1. The van der Waals surface area contributed by atoms with Crippen LogP contribution in [-0.4, -0.2) is 64.9 Å². The summed E-state index contributed by atoms with van der Waals surface area (Å²) in [5, 5.41) is 34.5. The summed E-state index contributed by atoms with van der Waals surface area (Å²) in [6, 6.07) is 0. The molecule has 0 bridgehead atoms. The summed E-state index contributed by atoms with van der Waals surface area (Å²) in [6.45, 7) is 4.95. The second kappa shape index (κ2) is 8.33. The van der Waals surface area contributed by atoms with Crippen LogP contribution in [-0.2, 0) is 14.3 Å². The second-order valence-corrected chi connectivity index (χ2v) is 10.9. The van der Waals surface area contributed by atoms with E-state index in [0.29, 0.717) is 24.8 Å². The Morgan fingerprint density at radius 3 is 2.76 bits per heavy atom. The molecule has 0 aromatic heterocycles. The Bertz CT molecular complexity index is 968. The lowest BCUT2D eigenvalue weighted by molar-refractivity contribution is -0.209. The van der Waals surface area contributed by atoms with Gasteiger partial charge in [-0.1, -0.05) is 25.5 Å². The predicted octanol–water partition coefficient (Wildman–Crippen LogP) is 1.40. The third-order valence-corrected chi connectivity index (χ3v) is 9.49. The summed E-state index contributed by atoms with van der Waals surface area (Å²) in [5.74, 6) is -1.69. The Morgan fingerprint density at radius 2 is 2.09 bits per heavy atom. The second-order valence-electron chi connectivity index (χ2n) is 10.9. The minimum atomic E-state index is -1.98. The minimum Gasteiger partial charge on any atom is -0.390 e. The van der Waals surface area contributed by atoms with E-state index in [1.165, 1.54) is 12.2 Å². The van der Waals surface area contributed by atoms with E-state index in [9.17, 15) is 19.8 Å². The lowest BCUT2D eigenvalue weighted by Crippen LogP contribution is -2.69. The van der Waals surface area contributed by atoms with Crippen molar-refractivity contribution in [3.8, 4) is 0 Å². The van der Waals surface area contributed by atoms with Gasteiger partial charge in [0.25, 0.3) is 0 Å². The first-order valence-corrected chi connectivity index (χ1v) is 12.0. The van der Waals surface area contributed by atoms with Crippen molar-refractivity contribution in [3.05, 3.63) is 23.8 Å². The highest BCUT2D eigenvalue weighted by Crippen LogP contribution is 2.70. The summed E-state index contributed by atoms with van der Waals surface area (Å²) < 4.78 is 22.6. The first-order chi connectivity index (χ1) is 15.9. The van der Waals surface area contributed by atoms with Gasteiger partial charge in [0.1, 0.15) is 12.3 Å². The number of ketones is 1. The fourth-order valence-electron chi connectivity index (χ4n) is 7.66. The van der Waals surface area contributed by atoms with Crippen molar-refractivity contribution in [1.29, 1.82) is 5.41 Å². The van der Waals surface area contributed by atoms with E-state index in [2.05, 4.69) is 5.32 Å². The Morgan fingerprint density at radius 1 is 1.38 bits per heavy atom. The molecule has 0 heterocycles. The number of carbonyl (C=O) groups is 2. The summed E-state index contributed by atoms with van der Waals surface area (Å²) in [5.41, 5.74) is 0.325. The zero-order chi connectivity index (χ0) is 25.1. The van der Waals surface area contributed by atoms with Gasteiger partial charge in [-0.3, -0.25) is 9.59 Å². The highest BCUT2D eigenvalue weighted by atomic mass is 19.1. The predicted molar refractivity (Wildman–Crippen MR) is 124 cm³/mol. The van der Waals surface area contributed by atoms with Gasteiger partial charge in [0.2, 0.25) is 5.91 Å². The van der Waals surface area contributed by atoms with Crippen molar-refractivity contribution >= 4 is 17.4 Å². The van der Waals surface area contributed by atoms with E-state index >= 15 is 4.39 Å². The van der Waals surface area contributed by atoms with E-state index in [-0.39, 0.29) is 55.5 Å². The molecule has 6 N–H and O–H groups in total. The topological polar surface area (TPSA) is 146 Å². The summed E-state index contributed by atoms with van der Waals surface area (Å²) in [4.78, 5) is 23.3. The van der Waals surface area contributed by atoms with E-state index in [1.54, 1.807) is 13.0 Å². The molecule has 9 heteroatoms. The van der Waals surface area contributed by atoms with E-state index < -0.39 is 34.1 Å². The Kier molecular flexibility index (Phi) is 6.16. The van der Waals surface area contributed by atoms with Crippen molar-refractivity contribution in [1.82, 2.24) is 5.32 Å². The van der Waals surface area contributed by atoms with Gasteiger partial charge in [-0.25, -0.2) is 4.39 Å². The van der Waals surface area contributed by atoms with Crippen LogP contribution in [0.2, 0.25) is 0 Å². The van der Waals surface area contributed by atoms with E-state index in [1.807, 2.05) is 13.8 Å². The van der Waals surface area contributed by atoms with Crippen molar-refractivity contribution in [2.24, 2.45) is 34.3 Å². The Labute approximate surface area is 199 Å². The molecule has 0 radical (unpaired) electrons. The Balaban J connectivity index is 1.62. The molecule has 0 saturated heterocycles. The van der Waals surface area contributed by atoms with Gasteiger partial charge in [0, 0.05) is 16.7 Å². The number of amides is 1. The number of nitrogens with one attached hydrogen (secondary N) is 2. The molecule has 4 rings (SSSR count). The van der Waals surface area contributed by atoms with Crippen LogP contribution in [0.25, 0.3) is 0 Å². The number of alkyl halides is 1. The fourth-order valence-corrected chi connectivity index (χ4v) is 7.66. The highest BCUT2D eigenvalue weighted by Gasteiger charge is 2.74. The molecular weight excluding hydrogens is 441 g/mol. The van der Waals surface area contributed by atoms with Crippen molar-refractivity contribution in [2.75, 3.05) is 19.9 Å². The average molecular weight is 478 g/mol. The number of aliphatic hydroxyl groups excluding tert-OH is 1. The molecular formula is C25H36FN3O5. The molecule has 8 atom stereocenters. The fraction of sp³-hybridized carbons (Fsp3) is 0.720. The third-order valence-electron chi connectivity index (χ3n) is 9.49. The largest absolute Gasteiger partial charge is 0.390 e. The number of rotatable bonds is 6. The number of hydrogen-bond donors (Lipinski definition) is 5. The SMILES string of the molecule is C[C@@H]1C[C@H]2[C@@H]3CCC4=CC(=O)C=C[C@]4(C)[C@@]3(F)[C@@H](O)C[C@]2(C)[C@@]1(O)C(=N)COCNC(=O)CN. The van der Waals surface area contributed by atoms with Gasteiger partial charge in [-0.05, 0) is 56.6 Å². The maximum Gasteiger partial charge on any atom is 0.235 e. The van der Waals surface area contributed by atoms with Gasteiger partial charge in [0.05, 0.1) is 25.0 Å². The summed E-state index contributed by atoms with van der Waals surface area (Å²) in [7, 11) is 0. The van der Waals surface area contributed by atoms with Crippen LogP contribution in [0.1, 0.15) is 46.5 Å². The van der Waals surface area contributed by atoms with E-state index in [0.717, 1.165) is 0 Å². The number of aliphatic hydroxyl groups is 2. The van der Waals surface area contributed by atoms with Crippen LogP contribution in [0, 0.1) is 34.0 Å². The van der Waals surface area contributed by atoms with Crippen LogP contribution in [0.5, 0.6) is 0 Å². The van der Waals surface area contributed by atoms with Crippen LogP contribution in [0.4, 0.5) is 4.39 Å². The van der Waals surface area contributed by atoms with Gasteiger partial charge in [0.15, 0.2) is 11.5 Å². The number of nitrogens with two attached hydrogens (primary N) is 1. The number of hydrogen-bond acceptors (Lipinski definition) is 7. The van der Waals surface area contributed by atoms with Crippen LogP contribution in [0.15, 0.2) is 23.8 Å². The first kappa shape index (κ1) is 25.2.